The number of aromatic hydroxyl groups is 1. The maximum absolute atomic E-state index is 13.3. The summed E-state index contributed by atoms with van der Waals surface area (Å²) in [7, 11) is 0. The van der Waals surface area contributed by atoms with E-state index in [1.165, 1.54) is 18.2 Å². The Balaban J connectivity index is 1.95. The van der Waals surface area contributed by atoms with Gasteiger partial charge in [0, 0.05) is 15.4 Å². The summed E-state index contributed by atoms with van der Waals surface area (Å²) < 4.78 is 14.1. The van der Waals surface area contributed by atoms with Crippen molar-refractivity contribution in [1.82, 2.24) is 4.98 Å². The highest BCUT2D eigenvalue weighted by molar-refractivity contribution is 9.10. The third kappa shape index (κ3) is 2.75. The second-order valence-electron chi connectivity index (χ2n) is 4.52. The minimum absolute atomic E-state index is 0.0277. The lowest BCUT2D eigenvalue weighted by Gasteiger charge is -1.95. The molecule has 0 atom stereocenters. The number of fused-ring (bicyclic) bond motifs is 1. The van der Waals surface area contributed by atoms with Gasteiger partial charge < -0.3 is 10.1 Å². The molecule has 0 bridgehead atoms. The molecule has 0 aliphatic heterocycles. The second-order valence-corrected chi connectivity index (χ2v) is 5.44. The molecule has 3 aromatic rings. The second kappa shape index (κ2) is 5.69. The predicted octanol–water partition coefficient (Wildman–Crippen LogP) is 4.70. The number of aromatic nitrogens is 1. The van der Waals surface area contributed by atoms with Gasteiger partial charge in [0.15, 0.2) is 5.69 Å². The summed E-state index contributed by atoms with van der Waals surface area (Å²) in [4.78, 5) is 14.6. The molecule has 0 saturated heterocycles. The van der Waals surface area contributed by atoms with E-state index < -0.39 is 11.7 Å². The van der Waals surface area contributed by atoms with Crippen LogP contribution in [0.25, 0.3) is 10.9 Å². The number of hydrogen-bond acceptors (Lipinski definition) is 3. The van der Waals surface area contributed by atoms with Gasteiger partial charge in [-0.05, 0) is 42.5 Å². The Morgan fingerprint density at radius 2 is 1.91 bits per heavy atom. The molecule has 110 valence electrons. The number of hydrogen-bond donors (Lipinski definition) is 2. The van der Waals surface area contributed by atoms with Crippen LogP contribution in [0.15, 0.2) is 57.2 Å². The van der Waals surface area contributed by atoms with E-state index in [-0.39, 0.29) is 11.6 Å². The zero-order valence-electron chi connectivity index (χ0n) is 11.0. The molecule has 1 amide bonds. The molecule has 0 fully saturated rings. The Bertz CT molecular complexity index is 888. The van der Waals surface area contributed by atoms with Crippen molar-refractivity contribution in [3.05, 3.63) is 58.3 Å². The van der Waals surface area contributed by atoms with Crippen LogP contribution in [-0.4, -0.2) is 16.0 Å². The Morgan fingerprint density at radius 3 is 2.64 bits per heavy atom. The van der Waals surface area contributed by atoms with Gasteiger partial charge in [-0.25, -0.2) is 4.39 Å². The van der Waals surface area contributed by atoms with Gasteiger partial charge in [0.1, 0.15) is 5.82 Å². The number of nitrogens with zero attached hydrogens (tertiary/aromatic N) is 2. The molecule has 0 aliphatic rings. The van der Waals surface area contributed by atoms with Crippen LogP contribution in [0.1, 0.15) is 10.4 Å². The van der Waals surface area contributed by atoms with Crippen molar-refractivity contribution in [3.8, 4) is 5.88 Å². The zero-order valence-corrected chi connectivity index (χ0v) is 12.6. The third-order valence-corrected chi connectivity index (χ3v) is 3.57. The van der Waals surface area contributed by atoms with Crippen LogP contribution in [0.5, 0.6) is 5.88 Å². The summed E-state index contributed by atoms with van der Waals surface area (Å²) in [6.07, 6.45) is 0. The largest absolute Gasteiger partial charge is 0.493 e. The molecule has 1 aromatic heterocycles. The number of amides is 1. The van der Waals surface area contributed by atoms with Crippen LogP contribution in [0.4, 0.5) is 10.1 Å². The summed E-state index contributed by atoms with van der Waals surface area (Å²) >= 11 is 3.27. The highest BCUT2D eigenvalue weighted by Crippen LogP contribution is 2.35. The van der Waals surface area contributed by atoms with E-state index in [4.69, 9.17) is 0 Å². The molecule has 0 saturated carbocycles. The number of halogens is 2. The van der Waals surface area contributed by atoms with Crippen LogP contribution in [-0.2, 0) is 0 Å². The Morgan fingerprint density at radius 1 is 1.18 bits per heavy atom. The van der Waals surface area contributed by atoms with Crippen LogP contribution in [0.3, 0.4) is 0 Å². The molecule has 0 aliphatic carbocycles. The average Bonchev–Trinajstić information content (AvgIpc) is 2.80. The Kier molecular flexibility index (Phi) is 3.72. The molecular weight excluding hydrogens is 353 g/mol. The summed E-state index contributed by atoms with van der Waals surface area (Å²) in [5.41, 5.74) is 0.890. The van der Waals surface area contributed by atoms with Gasteiger partial charge in [-0.2, -0.15) is 0 Å². The van der Waals surface area contributed by atoms with Gasteiger partial charge >= 0.3 is 0 Å². The predicted molar refractivity (Wildman–Crippen MR) is 82.9 cm³/mol. The van der Waals surface area contributed by atoms with E-state index in [1.807, 2.05) is 0 Å². The number of aromatic amines is 1. The quantitative estimate of drug-likeness (QED) is 0.649. The van der Waals surface area contributed by atoms with Crippen molar-refractivity contribution in [3.63, 3.8) is 0 Å². The van der Waals surface area contributed by atoms with Gasteiger partial charge in [0.05, 0.1) is 5.52 Å². The first kappa shape index (κ1) is 14.4. The van der Waals surface area contributed by atoms with Crippen LogP contribution >= 0.6 is 15.9 Å². The highest BCUT2D eigenvalue weighted by Gasteiger charge is 2.12. The van der Waals surface area contributed by atoms with Crippen molar-refractivity contribution in [2.24, 2.45) is 10.2 Å². The van der Waals surface area contributed by atoms with E-state index in [0.29, 0.717) is 16.5 Å². The van der Waals surface area contributed by atoms with Crippen molar-refractivity contribution >= 4 is 38.4 Å². The molecule has 2 N–H and O–H groups in total. The van der Waals surface area contributed by atoms with Gasteiger partial charge in [0.2, 0.25) is 5.88 Å². The Labute approximate surface area is 132 Å². The fraction of sp³-hybridized carbons (Fsp3) is 0. The normalized spacial score (nSPS) is 11.4. The van der Waals surface area contributed by atoms with Crippen LogP contribution in [0, 0.1) is 5.82 Å². The van der Waals surface area contributed by atoms with Crippen molar-refractivity contribution in [2.45, 2.75) is 0 Å². The van der Waals surface area contributed by atoms with Gasteiger partial charge in [0.25, 0.3) is 5.91 Å². The minimum atomic E-state index is -0.558. The standard InChI is InChI=1S/C15H9BrFN3O2/c16-9-3-1-8(2-4-9)14(21)20-19-13-11-7-10(17)5-6-12(11)18-15(13)22/h1-7,18,22H. The molecule has 1 heterocycles. The zero-order chi connectivity index (χ0) is 15.7. The summed E-state index contributed by atoms with van der Waals surface area (Å²) in [5.74, 6) is -1.30. The first-order valence-corrected chi connectivity index (χ1v) is 7.06. The lowest BCUT2D eigenvalue weighted by Crippen LogP contribution is -1.92. The van der Waals surface area contributed by atoms with Gasteiger partial charge in [-0.1, -0.05) is 15.9 Å². The molecule has 5 nitrogen and oxygen atoms in total. The topological polar surface area (TPSA) is 77.8 Å². The molecule has 7 heteroatoms. The number of azo groups is 1. The van der Waals surface area contributed by atoms with Crippen molar-refractivity contribution in [1.29, 1.82) is 0 Å². The van der Waals surface area contributed by atoms with Gasteiger partial charge in [-0.15, -0.1) is 10.2 Å². The fourth-order valence-corrected chi connectivity index (χ4v) is 2.25. The van der Waals surface area contributed by atoms with E-state index in [9.17, 15) is 14.3 Å². The number of H-pyrrole nitrogens is 1. The number of carbonyl (C=O) groups is 1. The first-order chi connectivity index (χ1) is 10.5. The number of carbonyl (C=O) groups excluding carboxylic acids is 1. The molecule has 3 rings (SSSR count). The monoisotopic (exact) mass is 361 g/mol. The number of rotatable bonds is 2. The third-order valence-electron chi connectivity index (χ3n) is 3.05. The van der Waals surface area contributed by atoms with Crippen LogP contribution in [0.2, 0.25) is 0 Å². The molecule has 0 radical (unpaired) electrons. The average molecular weight is 362 g/mol. The Hall–Kier alpha value is -2.54. The summed E-state index contributed by atoms with van der Waals surface area (Å²) in [6, 6.07) is 10.6. The SMILES string of the molecule is O=C(N=Nc1c(O)[nH]c2ccc(F)cc12)c1ccc(Br)cc1. The van der Waals surface area contributed by atoms with E-state index in [1.54, 1.807) is 24.3 Å². The fourth-order valence-electron chi connectivity index (χ4n) is 1.98. The van der Waals surface area contributed by atoms with Crippen LogP contribution < -0.4 is 0 Å². The van der Waals surface area contributed by atoms with Crippen molar-refractivity contribution < 1.29 is 14.3 Å². The van der Waals surface area contributed by atoms with E-state index >= 15 is 0 Å². The molecular formula is C15H9BrFN3O2. The maximum Gasteiger partial charge on any atom is 0.295 e. The molecule has 0 spiro atoms. The molecule has 22 heavy (non-hydrogen) atoms. The smallest absolute Gasteiger partial charge is 0.295 e. The van der Waals surface area contributed by atoms with E-state index in [2.05, 4.69) is 31.1 Å². The number of benzene rings is 2. The van der Waals surface area contributed by atoms with Gasteiger partial charge in [-0.3, -0.25) is 4.79 Å². The van der Waals surface area contributed by atoms with E-state index in [0.717, 1.165) is 4.47 Å². The summed E-state index contributed by atoms with van der Waals surface area (Å²) in [6.45, 7) is 0. The molecule has 0 unspecified atom stereocenters. The molecule has 2 aromatic carbocycles. The lowest BCUT2D eigenvalue weighted by atomic mass is 10.2. The lowest BCUT2D eigenvalue weighted by molar-refractivity contribution is 0.0995. The minimum Gasteiger partial charge on any atom is -0.493 e. The maximum atomic E-state index is 13.3. The summed E-state index contributed by atoms with van der Waals surface area (Å²) in [5, 5.41) is 17.5. The first-order valence-electron chi connectivity index (χ1n) is 6.26. The highest BCUT2D eigenvalue weighted by atomic mass is 79.9. The number of nitrogens with one attached hydrogen (secondary N) is 1. The van der Waals surface area contributed by atoms with Crippen molar-refractivity contribution in [2.75, 3.05) is 0 Å².